The van der Waals surface area contributed by atoms with Crippen LogP contribution < -0.4 is 15.4 Å². The van der Waals surface area contributed by atoms with E-state index in [2.05, 4.69) is 10.6 Å². The van der Waals surface area contributed by atoms with Gasteiger partial charge in [-0.3, -0.25) is 0 Å². The molecule has 1 heterocycles. The number of β-amino-alcohol motifs (C(OH)–C–C–N with tert-alkyl or cyclic N) is 1. The lowest BCUT2D eigenvalue weighted by molar-refractivity contribution is 0.146. The summed E-state index contributed by atoms with van der Waals surface area (Å²) in [6, 6.07) is 3.52. The first kappa shape index (κ1) is 17.8. The highest BCUT2D eigenvalue weighted by molar-refractivity contribution is 6.34. The molecule has 0 radical (unpaired) electrons. The third-order valence-corrected chi connectivity index (χ3v) is 3.99. The Bertz CT molecular complexity index is 446. The van der Waals surface area contributed by atoms with Crippen LogP contribution in [0.4, 0.5) is 0 Å². The zero-order chi connectivity index (χ0) is 13.8. The van der Waals surface area contributed by atoms with Crippen LogP contribution in [0.1, 0.15) is 5.56 Å². The normalized spacial score (nSPS) is 21.6. The van der Waals surface area contributed by atoms with Crippen molar-refractivity contribution in [1.82, 2.24) is 10.6 Å². The molecule has 1 aliphatic rings. The van der Waals surface area contributed by atoms with Crippen molar-refractivity contribution in [1.29, 1.82) is 0 Å². The van der Waals surface area contributed by atoms with Crippen molar-refractivity contribution in [2.24, 2.45) is 5.92 Å². The Morgan fingerprint density at radius 1 is 1.35 bits per heavy atom. The average Bonchev–Trinajstić information content (AvgIpc) is 2.79. The lowest BCUT2D eigenvalue weighted by Gasteiger charge is -2.15. The van der Waals surface area contributed by atoms with E-state index in [1.165, 1.54) is 0 Å². The molecule has 114 valence electrons. The third-order valence-electron chi connectivity index (χ3n) is 3.35. The van der Waals surface area contributed by atoms with Gasteiger partial charge in [-0.05, 0) is 11.6 Å². The van der Waals surface area contributed by atoms with Crippen molar-refractivity contribution in [3.63, 3.8) is 0 Å². The number of hydrogen-bond donors (Lipinski definition) is 3. The number of rotatable bonds is 5. The molecule has 0 bridgehead atoms. The number of aliphatic hydroxyl groups is 1. The molecule has 0 aromatic heterocycles. The minimum absolute atomic E-state index is 0. The van der Waals surface area contributed by atoms with Gasteiger partial charge >= 0.3 is 0 Å². The number of halogens is 3. The summed E-state index contributed by atoms with van der Waals surface area (Å²) in [5, 5.41) is 17.3. The quantitative estimate of drug-likeness (QED) is 0.768. The molecule has 0 saturated carbocycles. The van der Waals surface area contributed by atoms with Crippen molar-refractivity contribution in [3.05, 3.63) is 27.7 Å². The van der Waals surface area contributed by atoms with E-state index in [1.807, 2.05) is 0 Å². The molecule has 4 nitrogen and oxygen atoms in total. The third kappa shape index (κ3) is 4.38. The van der Waals surface area contributed by atoms with E-state index < -0.39 is 0 Å². The second-order valence-corrected chi connectivity index (χ2v) is 5.51. The van der Waals surface area contributed by atoms with Gasteiger partial charge in [0.1, 0.15) is 5.75 Å². The molecule has 20 heavy (non-hydrogen) atoms. The molecule has 2 atom stereocenters. The first-order valence-corrected chi connectivity index (χ1v) is 6.99. The molecule has 7 heteroatoms. The number of hydrogen-bond acceptors (Lipinski definition) is 4. The van der Waals surface area contributed by atoms with Gasteiger partial charge in [-0.1, -0.05) is 23.2 Å². The molecule has 3 N–H and O–H groups in total. The fourth-order valence-electron chi connectivity index (χ4n) is 2.18. The van der Waals surface area contributed by atoms with Crippen molar-refractivity contribution in [2.75, 3.05) is 26.7 Å². The van der Waals surface area contributed by atoms with Crippen LogP contribution in [0.25, 0.3) is 0 Å². The molecular weight excluding hydrogens is 323 g/mol. The largest absolute Gasteiger partial charge is 0.495 e. The predicted molar refractivity (Wildman–Crippen MR) is 84.3 cm³/mol. The molecule has 1 aromatic carbocycles. The zero-order valence-electron chi connectivity index (χ0n) is 11.2. The zero-order valence-corrected chi connectivity index (χ0v) is 13.5. The first-order valence-electron chi connectivity index (χ1n) is 6.23. The second kappa shape index (κ2) is 8.27. The molecule has 1 fully saturated rings. The molecule has 0 amide bonds. The van der Waals surface area contributed by atoms with Gasteiger partial charge in [-0.25, -0.2) is 0 Å². The maximum absolute atomic E-state index is 9.69. The predicted octanol–water partition coefficient (Wildman–Crippen LogP) is 2.09. The van der Waals surface area contributed by atoms with Gasteiger partial charge in [0, 0.05) is 43.2 Å². The Labute approximate surface area is 135 Å². The summed E-state index contributed by atoms with van der Waals surface area (Å²) in [6.45, 7) is 2.87. The van der Waals surface area contributed by atoms with E-state index in [0.717, 1.165) is 18.7 Å². The van der Waals surface area contributed by atoms with Crippen molar-refractivity contribution < 1.29 is 9.84 Å². The smallest absolute Gasteiger partial charge is 0.138 e. The summed E-state index contributed by atoms with van der Waals surface area (Å²) in [6.07, 6.45) is -0.276. The van der Waals surface area contributed by atoms with Crippen LogP contribution in [0.2, 0.25) is 10.0 Å². The topological polar surface area (TPSA) is 53.5 Å². The van der Waals surface area contributed by atoms with Gasteiger partial charge in [0.05, 0.1) is 18.2 Å². The van der Waals surface area contributed by atoms with Gasteiger partial charge < -0.3 is 20.5 Å². The Balaban J connectivity index is 0.00000200. The van der Waals surface area contributed by atoms with E-state index in [-0.39, 0.29) is 24.4 Å². The van der Waals surface area contributed by atoms with E-state index in [9.17, 15) is 5.11 Å². The van der Waals surface area contributed by atoms with Gasteiger partial charge in [0.15, 0.2) is 0 Å². The Kier molecular flexibility index (Phi) is 7.37. The minimum Gasteiger partial charge on any atom is -0.495 e. The molecule has 0 spiro atoms. The molecule has 1 aliphatic heterocycles. The summed E-state index contributed by atoms with van der Waals surface area (Å²) in [7, 11) is 1.56. The van der Waals surface area contributed by atoms with Crippen LogP contribution in [0.5, 0.6) is 5.75 Å². The summed E-state index contributed by atoms with van der Waals surface area (Å²) < 4.78 is 5.10. The number of ether oxygens (including phenoxy) is 1. The molecule has 2 unspecified atom stereocenters. The van der Waals surface area contributed by atoms with Crippen LogP contribution in [-0.4, -0.2) is 38.0 Å². The molecule has 1 saturated heterocycles. The SMILES string of the molecule is COc1cc(Cl)c(CNCC2CNCC2O)cc1Cl.Cl. The number of methoxy groups -OCH3 is 1. The highest BCUT2D eigenvalue weighted by atomic mass is 35.5. The lowest BCUT2D eigenvalue weighted by Crippen LogP contribution is -2.30. The first-order chi connectivity index (χ1) is 9.11. The number of nitrogens with one attached hydrogen (secondary N) is 2. The summed E-state index contributed by atoms with van der Waals surface area (Å²) in [4.78, 5) is 0. The van der Waals surface area contributed by atoms with Gasteiger partial charge in [0.2, 0.25) is 0 Å². The molecule has 2 rings (SSSR count). The van der Waals surface area contributed by atoms with Gasteiger partial charge in [0.25, 0.3) is 0 Å². The summed E-state index contributed by atoms with van der Waals surface area (Å²) in [5.74, 6) is 0.818. The van der Waals surface area contributed by atoms with Crippen LogP contribution in [0.3, 0.4) is 0 Å². The van der Waals surface area contributed by atoms with E-state index in [4.69, 9.17) is 27.9 Å². The fourth-order valence-corrected chi connectivity index (χ4v) is 2.67. The molecule has 0 aliphatic carbocycles. The Morgan fingerprint density at radius 2 is 2.10 bits per heavy atom. The highest BCUT2D eigenvalue weighted by Gasteiger charge is 2.24. The van der Waals surface area contributed by atoms with E-state index in [0.29, 0.717) is 28.9 Å². The minimum atomic E-state index is -0.276. The fraction of sp³-hybridized carbons (Fsp3) is 0.538. The van der Waals surface area contributed by atoms with E-state index in [1.54, 1.807) is 19.2 Å². The van der Waals surface area contributed by atoms with Crippen LogP contribution in [0, 0.1) is 5.92 Å². The summed E-state index contributed by atoms with van der Waals surface area (Å²) >= 11 is 12.2. The highest BCUT2D eigenvalue weighted by Crippen LogP contribution is 2.30. The standard InChI is InChI=1S/C13H18Cl2N2O2.ClH/c1-19-13-3-10(14)8(2-11(13)15)4-16-5-9-6-17-7-12(9)18;/h2-3,9,12,16-18H,4-7H2,1H3;1H. The second-order valence-electron chi connectivity index (χ2n) is 4.69. The van der Waals surface area contributed by atoms with Crippen LogP contribution in [-0.2, 0) is 6.54 Å². The van der Waals surface area contributed by atoms with Gasteiger partial charge in [-0.15, -0.1) is 12.4 Å². The molecule has 1 aromatic rings. The number of aliphatic hydroxyl groups excluding tert-OH is 1. The summed E-state index contributed by atoms with van der Waals surface area (Å²) in [5.41, 5.74) is 0.924. The molecular formula is C13H19Cl3N2O2. The van der Waals surface area contributed by atoms with Crippen molar-refractivity contribution >= 4 is 35.6 Å². The van der Waals surface area contributed by atoms with Crippen molar-refractivity contribution in [3.8, 4) is 5.75 Å². The lowest BCUT2D eigenvalue weighted by atomic mass is 10.1. The Hall–Kier alpha value is -0.230. The Morgan fingerprint density at radius 3 is 2.70 bits per heavy atom. The van der Waals surface area contributed by atoms with Gasteiger partial charge in [-0.2, -0.15) is 0 Å². The van der Waals surface area contributed by atoms with Crippen LogP contribution >= 0.6 is 35.6 Å². The monoisotopic (exact) mass is 340 g/mol. The maximum atomic E-state index is 9.69. The van der Waals surface area contributed by atoms with Crippen LogP contribution in [0.15, 0.2) is 12.1 Å². The number of benzene rings is 1. The maximum Gasteiger partial charge on any atom is 0.138 e. The average molecular weight is 342 g/mol. The van der Waals surface area contributed by atoms with E-state index >= 15 is 0 Å². The van der Waals surface area contributed by atoms with Crippen molar-refractivity contribution in [2.45, 2.75) is 12.6 Å².